The van der Waals surface area contributed by atoms with Crippen LogP contribution in [0.5, 0.6) is 0 Å². The first-order chi connectivity index (χ1) is 16.4. The molecule has 3 atom stereocenters. The van der Waals surface area contributed by atoms with Crippen LogP contribution in [0.25, 0.3) is 0 Å². The van der Waals surface area contributed by atoms with Gasteiger partial charge in [-0.05, 0) is 31.2 Å². The van der Waals surface area contributed by atoms with Gasteiger partial charge < -0.3 is 5.32 Å². The second-order valence-corrected chi connectivity index (χ2v) is 9.65. The van der Waals surface area contributed by atoms with Gasteiger partial charge in [-0.1, -0.05) is 56.0 Å². The summed E-state index contributed by atoms with van der Waals surface area (Å²) >= 11 is 0. The van der Waals surface area contributed by atoms with E-state index in [1.807, 2.05) is 37.3 Å². The topological polar surface area (TPSA) is 116 Å². The number of hydroxylamine groups is 2. The minimum atomic E-state index is -0.675. The van der Waals surface area contributed by atoms with Gasteiger partial charge in [0.25, 0.3) is 0 Å². The van der Waals surface area contributed by atoms with Gasteiger partial charge in [0.1, 0.15) is 6.04 Å². The Hall–Kier alpha value is -2.78. The van der Waals surface area contributed by atoms with Crippen LogP contribution in [0.3, 0.4) is 0 Å². The second kappa shape index (κ2) is 12.1. The van der Waals surface area contributed by atoms with Crippen molar-refractivity contribution in [3.05, 3.63) is 35.9 Å². The van der Waals surface area contributed by atoms with Gasteiger partial charge >= 0.3 is 18.0 Å². The Balaban J connectivity index is 1.69. The third kappa shape index (κ3) is 6.21. The molecule has 1 aromatic rings. The van der Waals surface area contributed by atoms with Gasteiger partial charge in [-0.15, -0.1) is 0 Å². The number of hydrogen-bond donors (Lipinski definition) is 3. The van der Waals surface area contributed by atoms with Crippen molar-refractivity contribution in [2.24, 2.45) is 11.8 Å². The lowest BCUT2D eigenvalue weighted by Gasteiger charge is -2.36. The average molecular weight is 474 g/mol. The summed E-state index contributed by atoms with van der Waals surface area (Å²) in [6, 6.07) is 8.13. The lowest BCUT2D eigenvalue weighted by Crippen LogP contribution is -2.66. The minimum Gasteiger partial charge on any atom is -0.337 e. The average Bonchev–Trinajstić information content (AvgIpc) is 3.48. The van der Waals surface area contributed by atoms with Gasteiger partial charge in [0.05, 0.1) is 19.0 Å². The number of nitrogens with zero attached hydrogens (tertiary/aromatic N) is 2. The van der Waals surface area contributed by atoms with Gasteiger partial charge in [0, 0.05) is 19.4 Å². The molecule has 34 heavy (non-hydrogen) atoms. The van der Waals surface area contributed by atoms with Crippen LogP contribution < -0.4 is 10.6 Å². The number of nitrogens with one attached hydrogen (secondary N) is 2. The number of carbonyl (C=O) groups is 4. The summed E-state index contributed by atoms with van der Waals surface area (Å²) in [5.74, 6) is -0.672. The summed E-state index contributed by atoms with van der Waals surface area (Å²) in [5, 5.41) is 15.4. The van der Waals surface area contributed by atoms with Gasteiger partial charge in [-0.3, -0.25) is 10.0 Å². The predicted molar refractivity (Wildman–Crippen MR) is 126 cm³/mol. The summed E-state index contributed by atoms with van der Waals surface area (Å²) < 4.78 is -0.476. The van der Waals surface area contributed by atoms with E-state index in [1.54, 1.807) is 0 Å². The first-order valence-electron chi connectivity index (χ1n) is 12.3. The smallest absolute Gasteiger partial charge is 0.337 e. The highest BCUT2D eigenvalue weighted by Crippen LogP contribution is 2.35. The summed E-state index contributed by atoms with van der Waals surface area (Å²) in [5.41, 5.74) is 1.07. The minimum absolute atomic E-state index is 0.151. The Morgan fingerprint density at radius 3 is 2.47 bits per heavy atom. The normalized spacial score (nSPS) is 23.3. The van der Waals surface area contributed by atoms with Crippen molar-refractivity contribution in [2.75, 3.05) is 19.6 Å². The van der Waals surface area contributed by atoms with E-state index >= 15 is 0 Å². The molecule has 3 rings (SSSR count). The predicted octanol–water partition coefficient (Wildman–Crippen LogP) is 3.22. The van der Waals surface area contributed by atoms with Crippen LogP contribution in [0.1, 0.15) is 57.4 Å². The van der Waals surface area contributed by atoms with Crippen molar-refractivity contribution in [3.63, 3.8) is 0 Å². The molecule has 1 saturated heterocycles. The quantitative estimate of drug-likeness (QED) is 0.220. The molecule has 0 bridgehead atoms. The molecule has 6 amide bonds. The Morgan fingerprint density at radius 1 is 1.15 bits per heavy atom. The summed E-state index contributed by atoms with van der Waals surface area (Å²) in [6.45, 7) is 2.36. The zero-order valence-electron chi connectivity index (χ0n) is 19.9. The van der Waals surface area contributed by atoms with Crippen molar-refractivity contribution in [2.45, 2.75) is 64.3 Å². The van der Waals surface area contributed by atoms with Gasteiger partial charge in [-0.25, -0.2) is 24.8 Å². The molecule has 2 fully saturated rings. The Kier molecular flexibility index (Phi) is 9.18. The van der Waals surface area contributed by atoms with Crippen LogP contribution in [-0.2, 0) is 16.0 Å². The monoisotopic (exact) mass is 473 g/mol. The molecule has 1 aliphatic heterocycles. The third-order valence-corrected chi connectivity index (χ3v) is 7.37. The highest BCUT2D eigenvalue weighted by atomic mass is 16.5. The second-order valence-electron chi connectivity index (χ2n) is 9.65. The number of amides is 6. The zero-order valence-corrected chi connectivity index (χ0v) is 19.9. The van der Waals surface area contributed by atoms with Gasteiger partial charge in [0.2, 0.25) is 6.41 Å². The SMILES string of the molecule is C[C@@H]1CCC[N+]1(C(=O)NC(=O)NCCc1ccccc1)C(=O)[C@H](CC1CCCC1)CN(O)C=O. The standard InChI is InChI=1S/C25H36N4O5/c1-19-8-7-15-29(19,23(31)22(17-28(34)18-30)16-21-11-5-6-12-21)25(33)27-24(32)26-14-13-20-9-3-2-4-10-20/h2-4,9-10,18-19,21-22,34H,5-8,11-17H2,1H3,(H-,26,27,32,33)/p+1/t19-,22-,29?/m1/s1. The molecule has 1 saturated carbocycles. The lowest BCUT2D eigenvalue weighted by atomic mass is 9.91. The van der Waals surface area contributed by atoms with Crippen LogP contribution >= 0.6 is 0 Å². The van der Waals surface area contributed by atoms with E-state index in [9.17, 15) is 24.4 Å². The van der Waals surface area contributed by atoms with E-state index in [0.717, 1.165) is 31.2 Å². The molecule has 9 heteroatoms. The number of hydrogen-bond acceptors (Lipinski definition) is 5. The van der Waals surface area contributed by atoms with Crippen molar-refractivity contribution in [1.82, 2.24) is 15.7 Å². The van der Waals surface area contributed by atoms with E-state index in [4.69, 9.17) is 0 Å². The summed E-state index contributed by atoms with van der Waals surface area (Å²) in [6.07, 6.45) is 7.00. The highest BCUT2D eigenvalue weighted by Gasteiger charge is 2.55. The van der Waals surface area contributed by atoms with Crippen molar-refractivity contribution in [3.8, 4) is 0 Å². The molecule has 2 aliphatic rings. The molecule has 0 aromatic heterocycles. The van der Waals surface area contributed by atoms with E-state index in [-0.39, 0.29) is 24.9 Å². The number of urea groups is 2. The molecule has 0 radical (unpaired) electrons. The fourth-order valence-corrected chi connectivity index (χ4v) is 5.51. The Morgan fingerprint density at radius 2 is 1.85 bits per heavy atom. The number of rotatable bonds is 9. The largest absolute Gasteiger partial charge is 0.432 e. The maximum absolute atomic E-state index is 13.9. The first kappa shape index (κ1) is 25.8. The van der Waals surface area contributed by atoms with Crippen LogP contribution in [0.15, 0.2) is 30.3 Å². The van der Waals surface area contributed by atoms with Crippen molar-refractivity contribution >= 4 is 24.4 Å². The van der Waals surface area contributed by atoms with Crippen LogP contribution in [0, 0.1) is 11.8 Å². The van der Waals surface area contributed by atoms with E-state index in [0.29, 0.717) is 49.8 Å². The van der Waals surface area contributed by atoms with Gasteiger partial charge in [0.15, 0.2) is 0 Å². The van der Waals surface area contributed by atoms with E-state index < -0.39 is 22.5 Å². The molecule has 1 aromatic carbocycles. The first-order valence-corrected chi connectivity index (χ1v) is 12.3. The van der Waals surface area contributed by atoms with E-state index in [1.165, 1.54) is 0 Å². The van der Waals surface area contributed by atoms with Crippen LogP contribution in [0.2, 0.25) is 0 Å². The Labute approximate surface area is 201 Å². The molecule has 9 nitrogen and oxygen atoms in total. The molecule has 1 heterocycles. The van der Waals surface area contributed by atoms with Crippen LogP contribution in [0.4, 0.5) is 9.59 Å². The zero-order chi connectivity index (χ0) is 24.6. The molecule has 1 aliphatic carbocycles. The highest BCUT2D eigenvalue weighted by molar-refractivity contribution is 5.95. The molecular formula is C25H37N4O5+. The third-order valence-electron chi connectivity index (χ3n) is 7.37. The lowest BCUT2D eigenvalue weighted by molar-refractivity contribution is -0.786. The fourth-order valence-electron chi connectivity index (χ4n) is 5.51. The fraction of sp³-hybridized carbons (Fsp3) is 0.600. The molecule has 186 valence electrons. The number of benzene rings is 1. The number of imide groups is 2. The van der Waals surface area contributed by atoms with Crippen molar-refractivity contribution < 1.29 is 28.9 Å². The number of likely N-dealkylation sites (tertiary alicyclic amines) is 1. The number of carbonyl (C=O) groups excluding carboxylic acids is 4. The maximum Gasteiger partial charge on any atom is 0.432 e. The maximum atomic E-state index is 13.9. The Bertz CT molecular complexity index is 858. The number of quaternary nitrogens is 1. The van der Waals surface area contributed by atoms with Crippen molar-refractivity contribution in [1.29, 1.82) is 0 Å². The summed E-state index contributed by atoms with van der Waals surface area (Å²) in [4.78, 5) is 50.8. The summed E-state index contributed by atoms with van der Waals surface area (Å²) in [7, 11) is 0. The molecule has 3 N–H and O–H groups in total. The van der Waals surface area contributed by atoms with Gasteiger partial charge in [-0.2, -0.15) is 4.48 Å². The molecule has 0 spiro atoms. The molecule has 1 unspecified atom stereocenters. The van der Waals surface area contributed by atoms with E-state index in [2.05, 4.69) is 10.6 Å². The van der Waals surface area contributed by atoms with Crippen LogP contribution in [-0.4, -0.2) is 64.8 Å². The molecular weight excluding hydrogens is 436 g/mol.